The van der Waals surface area contributed by atoms with Gasteiger partial charge in [-0.2, -0.15) is 0 Å². The van der Waals surface area contributed by atoms with Gasteiger partial charge in [-0.1, -0.05) is 6.07 Å². The molecule has 6 heteroatoms. The molecule has 0 atom stereocenters. The standard InChI is InChI=1S/C14H14N2O4/c1-9-6-11(4-2-10(9)3-5-14(19)20)16-7-12(17)15-13(18)8-16/h2-6H,7-8H2,1H3,(H,19,20)(H,15,17,18). The van der Waals surface area contributed by atoms with Crippen molar-refractivity contribution >= 4 is 29.5 Å². The monoisotopic (exact) mass is 274 g/mol. The van der Waals surface area contributed by atoms with Crippen LogP contribution in [0.1, 0.15) is 11.1 Å². The summed E-state index contributed by atoms with van der Waals surface area (Å²) in [4.78, 5) is 34.8. The van der Waals surface area contributed by atoms with Crippen molar-refractivity contribution < 1.29 is 19.5 Å². The molecule has 20 heavy (non-hydrogen) atoms. The maximum atomic E-state index is 11.3. The molecule has 0 spiro atoms. The fourth-order valence-electron chi connectivity index (χ4n) is 2.02. The number of hydrogen-bond acceptors (Lipinski definition) is 4. The van der Waals surface area contributed by atoms with Crippen molar-refractivity contribution in [1.82, 2.24) is 5.32 Å². The Morgan fingerprint density at radius 2 is 1.95 bits per heavy atom. The highest BCUT2D eigenvalue weighted by molar-refractivity contribution is 6.02. The summed E-state index contributed by atoms with van der Waals surface area (Å²) in [7, 11) is 0. The minimum atomic E-state index is -1.01. The van der Waals surface area contributed by atoms with Gasteiger partial charge in [0.15, 0.2) is 0 Å². The van der Waals surface area contributed by atoms with Crippen LogP contribution >= 0.6 is 0 Å². The molecule has 1 aliphatic rings. The molecule has 6 nitrogen and oxygen atoms in total. The Kier molecular flexibility index (Phi) is 3.84. The number of carboxylic acid groups (broad SMARTS) is 1. The molecule has 1 fully saturated rings. The zero-order chi connectivity index (χ0) is 14.7. The fraction of sp³-hybridized carbons (Fsp3) is 0.214. The summed E-state index contributed by atoms with van der Waals surface area (Å²) in [6, 6.07) is 5.36. The van der Waals surface area contributed by atoms with Crippen molar-refractivity contribution in [1.29, 1.82) is 0 Å². The third kappa shape index (κ3) is 3.23. The number of hydrogen-bond donors (Lipinski definition) is 2. The highest BCUT2D eigenvalue weighted by atomic mass is 16.4. The number of carbonyl (C=O) groups excluding carboxylic acids is 2. The summed E-state index contributed by atoms with van der Waals surface area (Å²) in [5.74, 6) is -1.66. The van der Waals surface area contributed by atoms with Crippen molar-refractivity contribution in [3.63, 3.8) is 0 Å². The van der Waals surface area contributed by atoms with Gasteiger partial charge in [0.2, 0.25) is 11.8 Å². The minimum Gasteiger partial charge on any atom is -0.478 e. The summed E-state index contributed by atoms with van der Waals surface area (Å²) in [5, 5.41) is 10.8. The molecule has 0 radical (unpaired) electrons. The Hall–Kier alpha value is -2.63. The van der Waals surface area contributed by atoms with E-state index in [9.17, 15) is 14.4 Å². The van der Waals surface area contributed by atoms with Crippen LogP contribution < -0.4 is 10.2 Å². The van der Waals surface area contributed by atoms with Crippen molar-refractivity contribution in [2.24, 2.45) is 0 Å². The van der Waals surface area contributed by atoms with Gasteiger partial charge in [0.1, 0.15) is 0 Å². The third-order valence-electron chi connectivity index (χ3n) is 2.97. The number of aryl methyl sites for hydroxylation is 1. The highest BCUT2D eigenvalue weighted by Crippen LogP contribution is 2.20. The molecule has 1 aromatic carbocycles. The number of nitrogens with zero attached hydrogens (tertiary/aromatic N) is 1. The van der Waals surface area contributed by atoms with E-state index in [1.807, 2.05) is 13.0 Å². The molecule has 0 bridgehead atoms. The van der Waals surface area contributed by atoms with Gasteiger partial charge in [0.05, 0.1) is 13.1 Å². The van der Waals surface area contributed by atoms with E-state index < -0.39 is 5.97 Å². The molecule has 2 rings (SSSR count). The fourth-order valence-corrected chi connectivity index (χ4v) is 2.02. The van der Waals surface area contributed by atoms with Crippen LogP contribution in [0.3, 0.4) is 0 Å². The number of amides is 2. The maximum Gasteiger partial charge on any atom is 0.328 e. The van der Waals surface area contributed by atoms with E-state index in [1.165, 1.54) is 6.08 Å². The van der Waals surface area contributed by atoms with Crippen LogP contribution in [-0.4, -0.2) is 36.0 Å². The maximum absolute atomic E-state index is 11.3. The van der Waals surface area contributed by atoms with Gasteiger partial charge in [-0.25, -0.2) is 4.79 Å². The van der Waals surface area contributed by atoms with E-state index in [1.54, 1.807) is 17.0 Å². The lowest BCUT2D eigenvalue weighted by Crippen LogP contribution is -2.51. The average Bonchev–Trinajstić information content (AvgIpc) is 2.35. The molecule has 104 valence electrons. The number of carbonyl (C=O) groups is 3. The van der Waals surface area contributed by atoms with Crippen molar-refractivity contribution in [2.75, 3.05) is 18.0 Å². The van der Waals surface area contributed by atoms with E-state index in [4.69, 9.17) is 5.11 Å². The first-order chi connectivity index (χ1) is 9.45. The second-order valence-corrected chi connectivity index (χ2v) is 4.54. The average molecular weight is 274 g/mol. The Balaban J connectivity index is 2.22. The van der Waals surface area contributed by atoms with E-state index in [0.717, 1.165) is 22.9 Å². The Morgan fingerprint density at radius 3 is 2.50 bits per heavy atom. The van der Waals surface area contributed by atoms with Gasteiger partial charge in [0, 0.05) is 11.8 Å². The second-order valence-electron chi connectivity index (χ2n) is 4.54. The van der Waals surface area contributed by atoms with Crippen LogP contribution in [0.2, 0.25) is 0 Å². The first-order valence-electron chi connectivity index (χ1n) is 6.05. The van der Waals surface area contributed by atoms with E-state index in [-0.39, 0.29) is 24.9 Å². The van der Waals surface area contributed by atoms with Gasteiger partial charge < -0.3 is 10.0 Å². The van der Waals surface area contributed by atoms with Gasteiger partial charge in [-0.15, -0.1) is 0 Å². The van der Waals surface area contributed by atoms with E-state index >= 15 is 0 Å². The minimum absolute atomic E-state index is 0.134. The lowest BCUT2D eigenvalue weighted by molar-refractivity contribution is -0.132. The zero-order valence-corrected chi connectivity index (χ0v) is 10.9. The molecule has 1 saturated heterocycles. The second kappa shape index (κ2) is 5.56. The van der Waals surface area contributed by atoms with Crippen molar-refractivity contribution in [3.8, 4) is 0 Å². The lowest BCUT2D eigenvalue weighted by Gasteiger charge is -2.27. The van der Waals surface area contributed by atoms with Crippen molar-refractivity contribution in [3.05, 3.63) is 35.4 Å². The molecule has 0 unspecified atom stereocenters. The number of nitrogens with one attached hydrogen (secondary N) is 1. The number of anilines is 1. The van der Waals surface area contributed by atoms with Gasteiger partial charge in [-0.05, 0) is 36.3 Å². The smallest absolute Gasteiger partial charge is 0.328 e. The number of piperazine rings is 1. The van der Waals surface area contributed by atoms with E-state index in [2.05, 4.69) is 5.32 Å². The number of carboxylic acids is 1. The Morgan fingerprint density at radius 1 is 1.30 bits per heavy atom. The Labute approximate surface area is 115 Å². The van der Waals surface area contributed by atoms with E-state index in [0.29, 0.717) is 0 Å². The molecule has 2 N–H and O–H groups in total. The van der Waals surface area contributed by atoms with Gasteiger partial charge >= 0.3 is 5.97 Å². The quantitative estimate of drug-likeness (QED) is 0.621. The summed E-state index contributed by atoms with van der Waals surface area (Å²) < 4.78 is 0. The molecule has 0 aliphatic carbocycles. The molecular weight excluding hydrogens is 260 g/mol. The highest BCUT2D eigenvalue weighted by Gasteiger charge is 2.22. The number of benzene rings is 1. The molecule has 0 saturated carbocycles. The lowest BCUT2D eigenvalue weighted by atomic mass is 10.1. The predicted molar refractivity (Wildman–Crippen MR) is 73.2 cm³/mol. The normalized spacial score (nSPS) is 15.6. The van der Waals surface area contributed by atoms with Crippen LogP contribution in [0, 0.1) is 6.92 Å². The van der Waals surface area contributed by atoms with Crippen molar-refractivity contribution in [2.45, 2.75) is 6.92 Å². The topological polar surface area (TPSA) is 86.7 Å². The van der Waals surface area contributed by atoms with Crippen LogP contribution in [0.25, 0.3) is 6.08 Å². The molecule has 1 aromatic rings. The van der Waals surface area contributed by atoms with Crippen LogP contribution in [0.5, 0.6) is 0 Å². The van der Waals surface area contributed by atoms with Gasteiger partial charge in [-0.3, -0.25) is 14.9 Å². The largest absolute Gasteiger partial charge is 0.478 e. The molecular formula is C14H14N2O4. The van der Waals surface area contributed by atoms with Crippen LogP contribution in [-0.2, 0) is 14.4 Å². The number of rotatable bonds is 3. The molecule has 2 amide bonds. The SMILES string of the molecule is Cc1cc(N2CC(=O)NC(=O)C2)ccc1C=CC(=O)O. The summed E-state index contributed by atoms with van der Waals surface area (Å²) in [6.45, 7) is 2.11. The molecule has 1 heterocycles. The third-order valence-corrected chi connectivity index (χ3v) is 2.97. The first kappa shape index (κ1) is 13.8. The number of imide groups is 1. The van der Waals surface area contributed by atoms with Crippen LogP contribution in [0.4, 0.5) is 5.69 Å². The van der Waals surface area contributed by atoms with Crippen LogP contribution in [0.15, 0.2) is 24.3 Å². The molecule has 0 aromatic heterocycles. The molecule has 1 aliphatic heterocycles. The number of aliphatic carboxylic acids is 1. The van der Waals surface area contributed by atoms with Gasteiger partial charge in [0.25, 0.3) is 0 Å². The zero-order valence-electron chi connectivity index (χ0n) is 10.9. The first-order valence-corrected chi connectivity index (χ1v) is 6.05. The Bertz CT molecular complexity index is 591. The summed E-state index contributed by atoms with van der Waals surface area (Å²) >= 11 is 0. The predicted octanol–water partition coefficient (Wildman–Crippen LogP) is 0.556. The summed E-state index contributed by atoms with van der Waals surface area (Å²) in [6.07, 6.45) is 2.58. The summed E-state index contributed by atoms with van der Waals surface area (Å²) in [5.41, 5.74) is 2.42.